The molecule has 0 saturated carbocycles. The molecular formula is C31H38N4O9. The second-order valence-electron chi connectivity index (χ2n) is 10.9. The van der Waals surface area contributed by atoms with E-state index in [0.29, 0.717) is 16.9 Å². The molecular weight excluding hydrogens is 572 g/mol. The van der Waals surface area contributed by atoms with Crippen molar-refractivity contribution in [3.8, 4) is 0 Å². The summed E-state index contributed by atoms with van der Waals surface area (Å²) < 4.78 is 5.41. The standard InChI is InChI=1S/C31H38N4O9/c1-5-6-9-16-34(30(43)44-31(2,3)4)26(37)22(32)18-19-12-14-23(20(17-19)13-15-25(33)36)35(27(38)29(41)42)24-11-8-7-10-21(24)28(39)40/h7-8,10-15,17,22H,5-6,9,16,18,32H2,1-4H3,(H2,33,36)(H,39,40)(H,41,42)/t22-/m0/s1. The van der Waals surface area contributed by atoms with Crippen LogP contribution in [0.25, 0.3) is 6.08 Å². The summed E-state index contributed by atoms with van der Waals surface area (Å²) in [6.45, 7) is 7.11. The van der Waals surface area contributed by atoms with Gasteiger partial charge in [-0.1, -0.05) is 38.0 Å². The molecule has 44 heavy (non-hydrogen) atoms. The number of ether oxygens (including phenoxy) is 1. The third-order valence-corrected chi connectivity index (χ3v) is 6.16. The molecule has 0 fully saturated rings. The highest BCUT2D eigenvalue weighted by Gasteiger charge is 2.32. The van der Waals surface area contributed by atoms with Gasteiger partial charge in [-0.3, -0.25) is 19.3 Å². The van der Waals surface area contributed by atoms with E-state index in [1.165, 1.54) is 48.5 Å². The van der Waals surface area contributed by atoms with Crippen LogP contribution >= 0.6 is 0 Å². The van der Waals surface area contributed by atoms with E-state index in [9.17, 15) is 39.0 Å². The van der Waals surface area contributed by atoms with Crippen molar-refractivity contribution in [2.75, 3.05) is 11.4 Å². The summed E-state index contributed by atoms with van der Waals surface area (Å²) in [5.74, 6) is -6.26. The fourth-order valence-corrected chi connectivity index (χ4v) is 4.20. The number of primary amides is 1. The van der Waals surface area contributed by atoms with Crippen molar-refractivity contribution in [1.29, 1.82) is 0 Å². The minimum absolute atomic E-state index is 0.0813. The number of imide groups is 1. The quantitative estimate of drug-likeness (QED) is 0.156. The number of benzene rings is 2. The van der Waals surface area contributed by atoms with E-state index < -0.39 is 47.4 Å². The Morgan fingerprint density at radius 2 is 1.64 bits per heavy atom. The lowest BCUT2D eigenvalue weighted by atomic mass is 9.99. The molecule has 1 atom stereocenters. The Kier molecular flexibility index (Phi) is 12.3. The Bertz CT molecular complexity index is 1450. The minimum atomic E-state index is -1.86. The number of hydrogen-bond donors (Lipinski definition) is 4. The Balaban J connectivity index is 2.57. The van der Waals surface area contributed by atoms with Crippen LogP contribution in [-0.2, 0) is 30.3 Å². The van der Waals surface area contributed by atoms with Gasteiger partial charge < -0.3 is 26.4 Å². The molecule has 0 bridgehead atoms. The summed E-state index contributed by atoms with van der Waals surface area (Å²) in [7, 11) is 0. The molecule has 0 aliphatic rings. The number of para-hydroxylation sites is 1. The first-order chi connectivity index (χ1) is 20.6. The molecule has 4 amide bonds. The average molecular weight is 611 g/mol. The predicted molar refractivity (Wildman–Crippen MR) is 162 cm³/mol. The van der Waals surface area contributed by atoms with Crippen LogP contribution in [0.5, 0.6) is 0 Å². The van der Waals surface area contributed by atoms with E-state index in [4.69, 9.17) is 16.2 Å². The van der Waals surface area contributed by atoms with Crippen LogP contribution in [0.4, 0.5) is 16.2 Å². The maximum Gasteiger partial charge on any atom is 0.417 e. The lowest BCUT2D eigenvalue weighted by Crippen LogP contribution is -2.49. The molecule has 13 heteroatoms. The molecule has 0 spiro atoms. The van der Waals surface area contributed by atoms with E-state index in [2.05, 4.69) is 0 Å². The Morgan fingerprint density at radius 1 is 0.977 bits per heavy atom. The van der Waals surface area contributed by atoms with Crippen LogP contribution < -0.4 is 16.4 Å². The Morgan fingerprint density at radius 3 is 2.20 bits per heavy atom. The third-order valence-electron chi connectivity index (χ3n) is 6.16. The SMILES string of the molecule is CCCCCN(C(=O)OC(C)(C)C)C(=O)[C@@H](N)Cc1ccc(N(C(=O)C(=O)O)c2ccccc2C(=O)O)c(C=CC(N)=O)c1. The molecule has 0 aromatic heterocycles. The number of carboxylic acid groups (broad SMARTS) is 2. The van der Waals surface area contributed by atoms with E-state index >= 15 is 0 Å². The molecule has 0 heterocycles. The van der Waals surface area contributed by atoms with E-state index in [1.54, 1.807) is 20.8 Å². The van der Waals surface area contributed by atoms with E-state index in [-0.39, 0.29) is 35.5 Å². The maximum absolute atomic E-state index is 13.3. The normalized spacial score (nSPS) is 11.9. The van der Waals surface area contributed by atoms with Crippen molar-refractivity contribution >= 4 is 53.2 Å². The minimum Gasteiger partial charge on any atom is -0.478 e. The summed E-state index contributed by atoms with van der Waals surface area (Å²) in [5.41, 5.74) is 10.5. The van der Waals surface area contributed by atoms with Gasteiger partial charge in [0.25, 0.3) is 0 Å². The van der Waals surface area contributed by atoms with Crippen molar-refractivity contribution < 1.29 is 43.7 Å². The van der Waals surface area contributed by atoms with Gasteiger partial charge in [-0.15, -0.1) is 0 Å². The number of unbranched alkanes of at least 4 members (excludes halogenated alkanes) is 2. The van der Waals surface area contributed by atoms with Crippen LogP contribution in [0.2, 0.25) is 0 Å². The van der Waals surface area contributed by atoms with Gasteiger partial charge in [0.05, 0.1) is 23.0 Å². The predicted octanol–water partition coefficient (Wildman–Crippen LogP) is 3.46. The molecule has 0 aliphatic heterocycles. The summed E-state index contributed by atoms with van der Waals surface area (Å²) in [5, 5.41) is 19.3. The summed E-state index contributed by atoms with van der Waals surface area (Å²) in [6.07, 6.45) is 3.45. The number of carbonyl (C=O) groups is 6. The second-order valence-corrected chi connectivity index (χ2v) is 10.9. The largest absolute Gasteiger partial charge is 0.478 e. The topological polar surface area (TPSA) is 211 Å². The Hall–Kier alpha value is -5.04. The van der Waals surface area contributed by atoms with Crippen molar-refractivity contribution in [1.82, 2.24) is 4.90 Å². The number of carboxylic acids is 2. The van der Waals surface area contributed by atoms with Gasteiger partial charge in [-0.05, 0) is 75.1 Å². The van der Waals surface area contributed by atoms with Gasteiger partial charge in [-0.2, -0.15) is 0 Å². The van der Waals surface area contributed by atoms with Crippen LogP contribution in [0, 0.1) is 0 Å². The average Bonchev–Trinajstić information content (AvgIpc) is 2.93. The van der Waals surface area contributed by atoms with Crippen molar-refractivity contribution in [2.24, 2.45) is 11.5 Å². The van der Waals surface area contributed by atoms with Crippen molar-refractivity contribution in [2.45, 2.75) is 65.0 Å². The lowest BCUT2D eigenvalue weighted by molar-refractivity contribution is -0.148. The zero-order chi connectivity index (χ0) is 33.2. The van der Waals surface area contributed by atoms with E-state index in [1.807, 2.05) is 6.92 Å². The first-order valence-corrected chi connectivity index (χ1v) is 13.9. The zero-order valence-corrected chi connectivity index (χ0v) is 25.1. The van der Waals surface area contributed by atoms with Crippen molar-refractivity contribution in [3.63, 3.8) is 0 Å². The maximum atomic E-state index is 13.3. The molecule has 6 N–H and O–H groups in total. The monoisotopic (exact) mass is 610 g/mol. The zero-order valence-electron chi connectivity index (χ0n) is 25.1. The molecule has 2 aromatic carbocycles. The summed E-state index contributed by atoms with van der Waals surface area (Å²) in [4.78, 5) is 76.1. The molecule has 2 aromatic rings. The molecule has 2 rings (SSSR count). The number of amides is 4. The van der Waals surface area contributed by atoms with Crippen LogP contribution in [0.1, 0.15) is 68.4 Å². The molecule has 236 valence electrons. The molecule has 0 aliphatic carbocycles. The van der Waals surface area contributed by atoms with Crippen LogP contribution in [0.15, 0.2) is 48.5 Å². The number of anilines is 2. The highest BCUT2D eigenvalue weighted by Crippen LogP contribution is 2.33. The molecule has 0 saturated heterocycles. The third kappa shape index (κ3) is 9.76. The highest BCUT2D eigenvalue weighted by molar-refractivity contribution is 6.39. The smallest absolute Gasteiger partial charge is 0.417 e. The van der Waals surface area contributed by atoms with Crippen LogP contribution in [0.3, 0.4) is 0 Å². The molecule has 13 nitrogen and oxygen atoms in total. The number of aliphatic carboxylic acids is 1. The first-order valence-electron chi connectivity index (χ1n) is 13.9. The lowest BCUT2D eigenvalue weighted by Gasteiger charge is -2.28. The number of aromatic carboxylic acids is 1. The fourth-order valence-electron chi connectivity index (χ4n) is 4.20. The molecule has 0 radical (unpaired) electrons. The number of hydrogen-bond acceptors (Lipinski definition) is 8. The van der Waals surface area contributed by atoms with Crippen LogP contribution in [-0.4, -0.2) is 69.1 Å². The summed E-state index contributed by atoms with van der Waals surface area (Å²) >= 11 is 0. The first kappa shape index (κ1) is 35.2. The van der Waals surface area contributed by atoms with E-state index in [0.717, 1.165) is 23.8 Å². The number of nitrogens with two attached hydrogens (primary N) is 2. The fraction of sp³-hybridized carbons (Fsp3) is 0.355. The highest BCUT2D eigenvalue weighted by atomic mass is 16.6. The second kappa shape index (κ2) is 15.4. The number of carbonyl (C=O) groups excluding carboxylic acids is 4. The van der Waals surface area contributed by atoms with Gasteiger partial charge in [0, 0.05) is 12.6 Å². The van der Waals surface area contributed by atoms with Gasteiger partial charge in [0.1, 0.15) is 5.60 Å². The van der Waals surface area contributed by atoms with Gasteiger partial charge in [-0.25, -0.2) is 19.3 Å². The number of rotatable bonds is 12. The summed E-state index contributed by atoms with van der Waals surface area (Å²) in [6, 6.07) is 8.35. The van der Waals surface area contributed by atoms with Gasteiger partial charge in [0.15, 0.2) is 0 Å². The van der Waals surface area contributed by atoms with Crippen molar-refractivity contribution in [3.05, 3.63) is 65.2 Å². The Labute approximate surface area is 255 Å². The molecule has 0 unspecified atom stereocenters. The number of nitrogens with zero attached hydrogens (tertiary/aromatic N) is 2. The van der Waals surface area contributed by atoms with Gasteiger partial charge >= 0.3 is 23.9 Å². The van der Waals surface area contributed by atoms with Gasteiger partial charge in [0.2, 0.25) is 11.8 Å².